The summed E-state index contributed by atoms with van der Waals surface area (Å²) in [5, 5.41) is 30.6. The largest absolute Gasteiger partial charge is 0.459 e. The van der Waals surface area contributed by atoms with E-state index in [0.29, 0.717) is 92.7 Å². The van der Waals surface area contributed by atoms with Gasteiger partial charge < -0.3 is 67.1 Å². The summed E-state index contributed by atoms with van der Waals surface area (Å²) >= 11 is 0. The summed E-state index contributed by atoms with van der Waals surface area (Å²) in [7, 11) is 0. The number of carbonyl (C=O) groups excluding carboxylic acids is 13. The third kappa shape index (κ3) is 23.7. The lowest BCUT2D eigenvalue weighted by Gasteiger charge is -2.59. The van der Waals surface area contributed by atoms with Gasteiger partial charge in [0.15, 0.2) is 25.2 Å². The fourth-order valence-electron chi connectivity index (χ4n) is 25.5. The lowest BCUT2D eigenvalue weighted by molar-refractivity contribution is -0.226. The topological polar surface area (TPSA) is 397 Å². The van der Waals surface area contributed by atoms with Crippen LogP contribution in [0.3, 0.4) is 0 Å². The fraction of sp³-hybridized carbons (Fsp3) is 0.870. The number of ketones is 1. The van der Waals surface area contributed by atoms with E-state index in [0.717, 1.165) is 141 Å². The van der Waals surface area contributed by atoms with Crippen LogP contribution in [-0.2, 0) is 119 Å². The molecule has 2 N–H and O–H groups in total. The zero-order valence-electron chi connectivity index (χ0n) is 86.5. The van der Waals surface area contributed by atoms with Crippen molar-refractivity contribution in [1.29, 1.82) is 5.26 Å². The molecule has 2 saturated heterocycles. The van der Waals surface area contributed by atoms with E-state index in [-0.39, 0.29) is 142 Å². The molecule has 0 spiro atoms. The zero-order valence-corrected chi connectivity index (χ0v) is 86.5. The number of rotatable bonds is 29. The minimum atomic E-state index is -1.06. The second kappa shape index (κ2) is 41.7. The zero-order chi connectivity index (χ0) is 101. The van der Waals surface area contributed by atoms with Crippen LogP contribution in [0, 0.1) is 132 Å². The van der Waals surface area contributed by atoms with Crippen LogP contribution in [0.2, 0.25) is 0 Å². The first-order valence-corrected chi connectivity index (χ1v) is 52.2. The Labute approximate surface area is 808 Å². The van der Waals surface area contributed by atoms with Crippen LogP contribution in [0.25, 0.3) is 0 Å². The highest BCUT2D eigenvalue weighted by Crippen LogP contribution is 2.65. The van der Waals surface area contributed by atoms with Gasteiger partial charge in [-0.2, -0.15) is 5.26 Å². The van der Waals surface area contributed by atoms with Crippen LogP contribution in [-0.4, -0.2) is 172 Å². The minimum Gasteiger partial charge on any atom is -0.459 e. The molecule has 17 saturated carbocycles. The molecule has 19 rings (SSSR count). The van der Waals surface area contributed by atoms with Crippen LogP contribution >= 0.6 is 0 Å². The Bertz CT molecular complexity index is 4170. The van der Waals surface area contributed by atoms with Gasteiger partial charge >= 0.3 is 71.6 Å². The number of ether oxygens (including phenoxy) is 12. The van der Waals surface area contributed by atoms with Gasteiger partial charge in [0.25, 0.3) is 0 Å². The number of nitrogens with zero attached hydrogens (tertiary/aromatic N) is 1. The molecule has 0 aromatic carbocycles. The second-order valence-electron chi connectivity index (χ2n) is 49.0. The molecule has 19 atom stereocenters. The van der Waals surface area contributed by atoms with Crippen LogP contribution in [0.5, 0.6) is 0 Å². The van der Waals surface area contributed by atoms with E-state index in [1.54, 1.807) is 41.5 Å². The lowest BCUT2D eigenvalue weighted by atomic mass is 9.52. The molecule has 19 unspecified atom stereocenters. The van der Waals surface area contributed by atoms with Gasteiger partial charge in [-0.1, -0.05) is 62.3 Å². The molecule has 2 aliphatic heterocycles. The van der Waals surface area contributed by atoms with Gasteiger partial charge in [0, 0.05) is 54.8 Å². The van der Waals surface area contributed by atoms with Crippen molar-refractivity contribution in [1.82, 2.24) is 0 Å². The fourth-order valence-corrected chi connectivity index (χ4v) is 25.5. The highest BCUT2D eigenvalue weighted by molar-refractivity contribution is 5.87. The molecule has 0 aromatic rings. The van der Waals surface area contributed by atoms with Crippen molar-refractivity contribution in [2.75, 3.05) is 19.8 Å². The van der Waals surface area contributed by atoms with Gasteiger partial charge in [-0.3, -0.25) is 47.9 Å². The molecular formula is C108H167NO27. The number of nitriles is 1. The SMILES string of the molecule is CCC(C)(C)C(=O)OC12CC3CC(CC(O)(C3)C1)C2.CCC(C)(C)C(=O)OC12CC3CC(CC(O)(C3)C1)C2.CCC(C)(C)C(=O)OCC(=O)OC1C2CC3C(=O)CC1C3C2.CCC(C)(C)C(=O)OCC(=O)OC1C2CC3C(=O)OC1C3C2.CCC(C)(C)C(=O)OCC(=O)OC1C2CC3C1OC(=O)C3(C#N)C2.CCC1(OC(=O)C(C)(C)CC)CCCC1.CCC1(OC(=O)C(C)(C)CC)CCCC1. The van der Waals surface area contributed by atoms with Crippen molar-refractivity contribution in [3.63, 3.8) is 0 Å². The Kier molecular flexibility index (Phi) is 33.5. The van der Waals surface area contributed by atoms with Gasteiger partial charge in [0.1, 0.15) is 58.7 Å². The van der Waals surface area contributed by atoms with Crippen LogP contribution in [0.15, 0.2) is 0 Å². The number of hydrogen-bond acceptors (Lipinski definition) is 28. The van der Waals surface area contributed by atoms with E-state index in [4.69, 9.17) is 56.8 Å². The summed E-state index contributed by atoms with van der Waals surface area (Å²) in [5.41, 5.74) is -6.48. The highest BCUT2D eigenvalue weighted by Gasteiger charge is 2.73. The normalized spacial score (nSPS) is 34.8. The molecule has 136 heavy (non-hydrogen) atoms. The lowest BCUT2D eigenvalue weighted by Crippen LogP contribution is -2.61. The molecule has 766 valence electrons. The summed E-state index contributed by atoms with van der Waals surface area (Å²) in [6.45, 7) is 43.1. The number of carbonyl (C=O) groups is 13. The first-order chi connectivity index (χ1) is 63.3. The molecule has 2 heterocycles. The number of fused-ring (bicyclic) bond motifs is 3. The molecule has 17 aliphatic carbocycles. The first kappa shape index (κ1) is 109. The average Bonchev–Trinajstić information content (AvgIpc) is 1.49. The molecule has 0 radical (unpaired) electrons. The highest BCUT2D eigenvalue weighted by atomic mass is 16.6. The molecular weight excluding hydrogens is 1740 g/mol. The van der Waals surface area contributed by atoms with Crippen molar-refractivity contribution < 1.29 is 129 Å². The van der Waals surface area contributed by atoms with Gasteiger partial charge in [-0.25, -0.2) is 14.4 Å². The Balaban J connectivity index is 0.000000153. The van der Waals surface area contributed by atoms with Crippen molar-refractivity contribution in [2.45, 2.75) is 455 Å². The molecule has 0 aromatic heterocycles. The average molecular weight is 1910 g/mol. The smallest absolute Gasteiger partial charge is 0.344 e. The molecule has 28 nitrogen and oxygen atoms in total. The Morgan fingerprint density at radius 2 is 0.706 bits per heavy atom. The Morgan fingerprint density at radius 1 is 0.375 bits per heavy atom. The summed E-state index contributed by atoms with van der Waals surface area (Å²) in [6, 6.07) is 2.10. The van der Waals surface area contributed by atoms with E-state index in [9.17, 15) is 77.8 Å². The summed E-state index contributed by atoms with van der Waals surface area (Å²) in [6.07, 6.45) is 30.5. The molecule has 19 aliphatic rings. The summed E-state index contributed by atoms with van der Waals surface area (Å²) < 4.78 is 65.6. The molecule has 14 bridgehead atoms. The monoisotopic (exact) mass is 1910 g/mol. The van der Waals surface area contributed by atoms with Gasteiger partial charge in [0.05, 0.1) is 61.1 Å². The number of aliphatic hydroxyl groups is 2. The summed E-state index contributed by atoms with van der Waals surface area (Å²) in [5.74, 6) is 0.00472. The number of hydrogen-bond donors (Lipinski definition) is 2. The van der Waals surface area contributed by atoms with Gasteiger partial charge in [0.2, 0.25) is 0 Å². The first-order valence-electron chi connectivity index (χ1n) is 52.2. The van der Waals surface area contributed by atoms with Crippen molar-refractivity contribution in [3.8, 4) is 6.07 Å². The maximum absolute atomic E-state index is 12.4. The maximum Gasteiger partial charge on any atom is 0.344 e. The number of Topliss-reactive ketones (excluding diaryl/α,β-unsaturated/α-hetero) is 1. The van der Waals surface area contributed by atoms with E-state index in [2.05, 4.69) is 19.9 Å². The van der Waals surface area contributed by atoms with E-state index in [1.165, 1.54) is 38.5 Å². The standard InChI is InChI=1S/C17H21NO6.C17H24O5.C16H22O6.2C16H26O3.2C13H24O2/c1-4-16(2,3)14(20)22-7-11(19)23-12-9-5-10-13(12)24-15(21)17(10,6-9)8-18;1-4-17(2,3)16(20)21-8-14(19)22-15-9-5-10-11(6-9)13(18)7-12(10)15;1-4-16(2,3)15(19)20-7-11(17)21-12-8-5-9-10(6-8)14(18)22-13(9)12;2*1-4-14(2,3)13(17)19-16-8-11-5-12(9-16)7-15(18,6-11)10-16;2*1-5-12(3,4)11(14)15-13(6-2)9-7-8-10-13/h9-10,12-13H,4-7H2,1-3H3;9-12,15H,4-8H2,1-3H3;8-10,12-13H,4-7H2,1-3H3;2*11-12,18H,4-10H2,1-3H3;2*5-10H2,1-4H3. The van der Waals surface area contributed by atoms with Crippen LogP contribution in [0.4, 0.5) is 0 Å². The van der Waals surface area contributed by atoms with E-state index >= 15 is 0 Å². The Hall–Kier alpha value is -7.28. The van der Waals surface area contributed by atoms with Gasteiger partial charge in [-0.05, 0) is 344 Å². The quantitative estimate of drug-likeness (QED) is 0.0519. The van der Waals surface area contributed by atoms with Crippen molar-refractivity contribution >= 4 is 77.4 Å². The Morgan fingerprint density at radius 3 is 1.06 bits per heavy atom. The van der Waals surface area contributed by atoms with E-state index < -0.39 is 98.3 Å². The maximum atomic E-state index is 12.4. The molecule has 28 heteroatoms. The minimum absolute atomic E-state index is 0.00636. The third-order valence-corrected chi connectivity index (χ3v) is 36.4. The van der Waals surface area contributed by atoms with E-state index in [1.807, 2.05) is 104 Å². The predicted octanol–water partition coefficient (Wildman–Crippen LogP) is 18.4. The summed E-state index contributed by atoms with van der Waals surface area (Å²) in [4.78, 5) is 156. The van der Waals surface area contributed by atoms with Crippen LogP contribution < -0.4 is 0 Å². The van der Waals surface area contributed by atoms with Crippen LogP contribution in [0.1, 0.15) is 390 Å². The molecule has 0 amide bonds. The van der Waals surface area contributed by atoms with Gasteiger partial charge in [-0.15, -0.1) is 0 Å². The molecule has 19 fully saturated rings. The third-order valence-electron chi connectivity index (χ3n) is 36.4. The van der Waals surface area contributed by atoms with Crippen molar-refractivity contribution in [3.05, 3.63) is 0 Å². The van der Waals surface area contributed by atoms with Crippen molar-refractivity contribution in [2.24, 2.45) is 120 Å². The number of esters is 12. The second-order valence-corrected chi connectivity index (χ2v) is 49.0. The predicted molar refractivity (Wildman–Crippen MR) is 500 cm³/mol.